The lowest BCUT2D eigenvalue weighted by molar-refractivity contribution is 0.761. The maximum atomic E-state index is 4.27. The van der Waals surface area contributed by atoms with E-state index in [2.05, 4.69) is 44.1 Å². The van der Waals surface area contributed by atoms with Gasteiger partial charge in [0, 0.05) is 17.5 Å². The standard InChI is InChI=1S/C10H14IN3S/c1-15-9-4-2-3-8(9)14-10-7(11)5-12-6-13-10/h5-6,8-9H,2-4H2,1H3,(H,12,13,14). The third-order valence-corrected chi connectivity index (χ3v) is 4.70. The fraction of sp³-hybridized carbons (Fsp3) is 0.600. The average Bonchev–Trinajstić information content (AvgIpc) is 2.69. The maximum Gasteiger partial charge on any atom is 0.143 e. The molecule has 0 radical (unpaired) electrons. The average molecular weight is 335 g/mol. The van der Waals surface area contributed by atoms with Gasteiger partial charge in [0.15, 0.2) is 0 Å². The summed E-state index contributed by atoms with van der Waals surface area (Å²) in [4.78, 5) is 8.27. The lowest BCUT2D eigenvalue weighted by atomic mass is 10.2. The molecule has 2 rings (SSSR count). The predicted octanol–water partition coefficient (Wildman–Crippen LogP) is 2.78. The molecule has 82 valence electrons. The molecule has 0 aromatic carbocycles. The third-order valence-electron chi connectivity index (χ3n) is 2.75. The number of halogens is 1. The van der Waals surface area contributed by atoms with Gasteiger partial charge in [-0.05, 0) is 41.7 Å². The van der Waals surface area contributed by atoms with Gasteiger partial charge in [0.1, 0.15) is 12.1 Å². The van der Waals surface area contributed by atoms with Crippen LogP contribution in [-0.4, -0.2) is 27.5 Å². The van der Waals surface area contributed by atoms with Crippen LogP contribution in [0.5, 0.6) is 0 Å². The van der Waals surface area contributed by atoms with Crippen LogP contribution in [0.4, 0.5) is 5.82 Å². The van der Waals surface area contributed by atoms with Crippen molar-refractivity contribution in [3.63, 3.8) is 0 Å². The first-order chi connectivity index (χ1) is 7.31. The van der Waals surface area contributed by atoms with Gasteiger partial charge in [-0.1, -0.05) is 6.42 Å². The zero-order chi connectivity index (χ0) is 10.7. The van der Waals surface area contributed by atoms with E-state index in [1.54, 1.807) is 6.33 Å². The predicted molar refractivity (Wildman–Crippen MR) is 73.3 cm³/mol. The van der Waals surface area contributed by atoms with E-state index in [9.17, 15) is 0 Å². The highest BCUT2D eigenvalue weighted by Crippen LogP contribution is 2.31. The van der Waals surface area contributed by atoms with Crippen molar-refractivity contribution in [3.8, 4) is 0 Å². The molecule has 0 spiro atoms. The fourth-order valence-corrected chi connectivity index (χ4v) is 3.36. The highest BCUT2D eigenvalue weighted by atomic mass is 127. The zero-order valence-electron chi connectivity index (χ0n) is 8.61. The van der Waals surface area contributed by atoms with Gasteiger partial charge in [0.2, 0.25) is 0 Å². The summed E-state index contributed by atoms with van der Waals surface area (Å²) in [5, 5.41) is 4.26. The summed E-state index contributed by atoms with van der Waals surface area (Å²) >= 11 is 4.23. The minimum Gasteiger partial charge on any atom is -0.365 e. The molecule has 0 aliphatic heterocycles. The van der Waals surface area contributed by atoms with Crippen LogP contribution in [-0.2, 0) is 0 Å². The molecule has 3 nitrogen and oxygen atoms in total. The SMILES string of the molecule is CSC1CCCC1Nc1ncncc1I. The molecule has 1 fully saturated rings. The highest BCUT2D eigenvalue weighted by Gasteiger charge is 2.26. The molecule has 0 saturated heterocycles. The molecule has 1 heterocycles. The number of aromatic nitrogens is 2. The van der Waals surface area contributed by atoms with Crippen molar-refractivity contribution in [3.05, 3.63) is 16.1 Å². The third kappa shape index (κ3) is 2.75. The quantitative estimate of drug-likeness (QED) is 0.862. The van der Waals surface area contributed by atoms with E-state index in [4.69, 9.17) is 0 Å². The molecule has 1 aromatic rings. The van der Waals surface area contributed by atoms with Crippen molar-refractivity contribution < 1.29 is 0 Å². The number of rotatable bonds is 3. The van der Waals surface area contributed by atoms with E-state index in [-0.39, 0.29) is 0 Å². The van der Waals surface area contributed by atoms with E-state index in [1.807, 2.05) is 18.0 Å². The van der Waals surface area contributed by atoms with Gasteiger partial charge in [0.05, 0.1) is 3.57 Å². The number of nitrogens with zero attached hydrogens (tertiary/aromatic N) is 2. The largest absolute Gasteiger partial charge is 0.365 e. The van der Waals surface area contributed by atoms with Crippen LogP contribution in [0.1, 0.15) is 19.3 Å². The second-order valence-corrected chi connectivity index (χ2v) is 5.91. The van der Waals surface area contributed by atoms with Crippen molar-refractivity contribution in [2.75, 3.05) is 11.6 Å². The van der Waals surface area contributed by atoms with Crippen LogP contribution in [0.2, 0.25) is 0 Å². The zero-order valence-corrected chi connectivity index (χ0v) is 11.6. The van der Waals surface area contributed by atoms with Crippen molar-refractivity contribution >= 4 is 40.2 Å². The van der Waals surface area contributed by atoms with Crippen LogP contribution >= 0.6 is 34.4 Å². The van der Waals surface area contributed by atoms with Crippen LogP contribution in [0.3, 0.4) is 0 Å². The fourth-order valence-electron chi connectivity index (χ4n) is 1.97. The molecule has 0 bridgehead atoms. The first-order valence-corrected chi connectivity index (χ1v) is 7.42. The summed E-state index contributed by atoms with van der Waals surface area (Å²) < 4.78 is 1.10. The smallest absolute Gasteiger partial charge is 0.143 e. The molecule has 1 saturated carbocycles. The minimum absolute atomic E-state index is 0.573. The molecule has 2 unspecified atom stereocenters. The first-order valence-electron chi connectivity index (χ1n) is 5.06. The summed E-state index contributed by atoms with van der Waals surface area (Å²) in [6, 6.07) is 0.573. The molecule has 2 atom stereocenters. The van der Waals surface area contributed by atoms with Gasteiger partial charge in [-0.15, -0.1) is 0 Å². The van der Waals surface area contributed by atoms with E-state index < -0.39 is 0 Å². The Kier molecular flexibility index (Phi) is 4.07. The second kappa shape index (κ2) is 5.34. The molecule has 1 aliphatic rings. The summed E-state index contributed by atoms with van der Waals surface area (Å²) in [6.07, 6.45) is 9.54. The Morgan fingerprint density at radius 1 is 1.53 bits per heavy atom. The van der Waals surface area contributed by atoms with E-state index in [0.717, 1.165) is 14.6 Å². The van der Waals surface area contributed by atoms with Crippen LogP contribution in [0.25, 0.3) is 0 Å². The summed E-state index contributed by atoms with van der Waals surface area (Å²) in [7, 11) is 0. The van der Waals surface area contributed by atoms with Gasteiger partial charge in [-0.25, -0.2) is 9.97 Å². The normalized spacial score (nSPS) is 25.5. The van der Waals surface area contributed by atoms with Gasteiger partial charge in [-0.3, -0.25) is 0 Å². The number of anilines is 1. The van der Waals surface area contributed by atoms with Gasteiger partial charge in [0.25, 0.3) is 0 Å². The Balaban J connectivity index is 2.05. The first kappa shape index (κ1) is 11.4. The van der Waals surface area contributed by atoms with Gasteiger partial charge < -0.3 is 5.32 Å². The second-order valence-electron chi connectivity index (χ2n) is 3.68. The number of thioether (sulfide) groups is 1. The Labute approximate surface area is 108 Å². The molecule has 5 heteroatoms. The lowest BCUT2D eigenvalue weighted by Gasteiger charge is -2.20. The molecule has 1 N–H and O–H groups in total. The number of nitrogens with one attached hydrogen (secondary N) is 1. The number of hydrogen-bond acceptors (Lipinski definition) is 4. The van der Waals surface area contributed by atoms with Gasteiger partial charge >= 0.3 is 0 Å². The summed E-state index contributed by atoms with van der Waals surface area (Å²) in [5.74, 6) is 0.983. The topological polar surface area (TPSA) is 37.8 Å². The monoisotopic (exact) mass is 335 g/mol. The molecule has 1 aromatic heterocycles. The van der Waals surface area contributed by atoms with E-state index >= 15 is 0 Å². The van der Waals surface area contributed by atoms with Gasteiger partial charge in [-0.2, -0.15) is 11.8 Å². The lowest BCUT2D eigenvalue weighted by Crippen LogP contribution is -2.26. The van der Waals surface area contributed by atoms with E-state index in [0.29, 0.717) is 6.04 Å². The Hall–Kier alpha value is -0.0400. The molecule has 1 aliphatic carbocycles. The molecular formula is C10H14IN3S. The van der Waals surface area contributed by atoms with Crippen LogP contribution in [0.15, 0.2) is 12.5 Å². The Morgan fingerprint density at radius 3 is 3.13 bits per heavy atom. The summed E-state index contributed by atoms with van der Waals surface area (Å²) in [5.41, 5.74) is 0. The van der Waals surface area contributed by atoms with Crippen molar-refractivity contribution in [2.45, 2.75) is 30.6 Å². The Bertz CT molecular complexity index is 334. The molecule has 0 amide bonds. The minimum atomic E-state index is 0.573. The molecule has 15 heavy (non-hydrogen) atoms. The van der Waals surface area contributed by atoms with Crippen LogP contribution in [0, 0.1) is 3.57 Å². The van der Waals surface area contributed by atoms with Crippen molar-refractivity contribution in [2.24, 2.45) is 0 Å². The molecular weight excluding hydrogens is 321 g/mol. The van der Waals surface area contributed by atoms with Crippen LogP contribution < -0.4 is 5.32 Å². The summed E-state index contributed by atoms with van der Waals surface area (Å²) in [6.45, 7) is 0. The number of hydrogen-bond donors (Lipinski definition) is 1. The van der Waals surface area contributed by atoms with Crippen molar-refractivity contribution in [1.29, 1.82) is 0 Å². The Morgan fingerprint density at radius 2 is 2.40 bits per heavy atom. The van der Waals surface area contributed by atoms with Crippen molar-refractivity contribution in [1.82, 2.24) is 9.97 Å². The highest BCUT2D eigenvalue weighted by molar-refractivity contribution is 14.1. The van der Waals surface area contributed by atoms with E-state index in [1.165, 1.54) is 19.3 Å². The maximum absolute atomic E-state index is 4.27.